The van der Waals surface area contributed by atoms with Crippen LogP contribution in [0.4, 0.5) is 0 Å². The molecule has 1 N–H and O–H groups in total. The molecule has 2 aromatic heterocycles. The molecule has 0 saturated heterocycles. The van der Waals surface area contributed by atoms with Gasteiger partial charge in [-0.2, -0.15) is 0 Å². The Morgan fingerprint density at radius 3 is 2.61 bits per heavy atom. The van der Waals surface area contributed by atoms with Crippen LogP contribution in [0, 0.1) is 6.92 Å². The molecule has 28 heavy (non-hydrogen) atoms. The molecule has 4 rings (SSSR count). The van der Waals surface area contributed by atoms with Crippen LogP contribution in [-0.2, 0) is 9.53 Å². The number of benzene rings is 1. The molecule has 0 fully saturated rings. The Bertz CT molecular complexity index is 1120. The predicted octanol–water partition coefficient (Wildman–Crippen LogP) is 3.17. The Kier molecular flexibility index (Phi) is 4.35. The number of carbonyl (C=O) groups is 2. The van der Waals surface area contributed by atoms with Crippen molar-refractivity contribution in [2.24, 2.45) is 0 Å². The summed E-state index contributed by atoms with van der Waals surface area (Å²) in [5, 5.41) is 0. The fraction of sp³-hybridized carbons (Fsp3) is 0.190. The van der Waals surface area contributed by atoms with Gasteiger partial charge in [-0.25, -0.2) is 4.79 Å². The summed E-state index contributed by atoms with van der Waals surface area (Å²) in [4.78, 5) is 38.8. The summed E-state index contributed by atoms with van der Waals surface area (Å²) in [6.07, 6.45) is 0.0212. The van der Waals surface area contributed by atoms with E-state index in [0.717, 1.165) is 5.56 Å². The van der Waals surface area contributed by atoms with Crippen LogP contribution in [-0.4, -0.2) is 24.0 Å². The van der Waals surface area contributed by atoms with Gasteiger partial charge < -0.3 is 18.9 Å². The lowest BCUT2D eigenvalue weighted by molar-refractivity contribution is -0.135. The number of rotatable bonds is 3. The van der Waals surface area contributed by atoms with E-state index in [4.69, 9.17) is 9.15 Å². The summed E-state index contributed by atoms with van der Waals surface area (Å²) < 4.78 is 15.9. The van der Waals surface area contributed by atoms with Gasteiger partial charge in [0.15, 0.2) is 0 Å². The van der Waals surface area contributed by atoms with Crippen LogP contribution >= 0.6 is 0 Å². The number of H-pyrrole nitrogens is 1. The van der Waals surface area contributed by atoms with Gasteiger partial charge in [0.1, 0.15) is 17.3 Å². The molecule has 0 bridgehead atoms. The van der Waals surface area contributed by atoms with E-state index < -0.39 is 17.9 Å². The summed E-state index contributed by atoms with van der Waals surface area (Å²) in [5.41, 5.74) is 1.89. The average molecular weight is 379 g/mol. The van der Waals surface area contributed by atoms with Crippen LogP contribution in [0.3, 0.4) is 0 Å². The summed E-state index contributed by atoms with van der Waals surface area (Å²) in [7, 11) is 1.32. The quantitative estimate of drug-likeness (QED) is 0.702. The van der Waals surface area contributed by atoms with Gasteiger partial charge in [0, 0.05) is 17.3 Å². The van der Waals surface area contributed by atoms with Crippen LogP contribution < -0.4 is 10.3 Å². The zero-order chi connectivity index (χ0) is 19.8. The molecule has 7 heteroatoms. The molecule has 0 radical (unpaired) electrons. The van der Waals surface area contributed by atoms with Crippen molar-refractivity contribution in [2.45, 2.75) is 19.3 Å². The number of furan rings is 1. The molecule has 1 aliphatic heterocycles. The lowest BCUT2D eigenvalue weighted by Gasteiger charge is -2.22. The van der Waals surface area contributed by atoms with E-state index >= 15 is 0 Å². The van der Waals surface area contributed by atoms with E-state index in [1.165, 1.54) is 7.11 Å². The number of aromatic nitrogens is 1. The van der Waals surface area contributed by atoms with Crippen molar-refractivity contribution in [3.05, 3.63) is 75.4 Å². The molecule has 1 atom stereocenters. The molecule has 1 aromatic carbocycles. The van der Waals surface area contributed by atoms with Crippen molar-refractivity contribution in [1.82, 2.24) is 4.98 Å². The SMILES string of the molecule is COC(=O)c1ccc(-c2ccc(C3CC(=O)Oc4cc(C)[nH]c(=O)c43)o2)cc1. The van der Waals surface area contributed by atoms with Crippen molar-refractivity contribution in [3.63, 3.8) is 0 Å². The Balaban J connectivity index is 1.70. The van der Waals surface area contributed by atoms with Crippen LogP contribution in [0.25, 0.3) is 11.3 Å². The zero-order valence-corrected chi connectivity index (χ0v) is 15.3. The maximum absolute atomic E-state index is 12.4. The number of fused-ring (bicyclic) bond motifs is 1. The molecular formula is C21H17NO6. The first-order chi connectivity index (χ1) is 13.5. The van der Waals surface area contributed by atoms with Crippen molar-refractivity contribution in [3.8, 4) is 17.1 Å². The van der Waals surface area contributed by atoms with Gasteiger partial charge in [0.05, 0.1) is 30.6 Å². The highest BCUT2D eigenvalue weighted by molar-refractivity contribution is 5.89. The minimum Gasteiger partial charge on any atom is -0.465 e. The van der Waals surface area contributed by atoms with Crippen molar-refractivity contribution in [2.75, 3.05) is 7.11 Å². The number of hydrogen-bond donors (Lipinski definition) is 1. The van der Waals surface area contributed by atoms with Gasteiger partial charge in [-0.3, -0.25) is 9.59 Å². The van der Waals surface area contributed by atoms with Crippen LogP contribution in [0.2, 0.25) is 0 Å². The van der Waals surface area contributed by atoms with E-state index in [0.29, 0.717) is 28.3 Å². The number of nitrogens with one attached hydrogen (secondary N) is 1. The normalized spacial score (nSPS) is 15.6. The van der Waals surface area contributed by atoms with Crippen LogP contribution in [0.1, 0.15) is 39.7 Å². The largest absolute Gasteiger partial charge is 0.465 e. The second-order valence-electron chi connectivity index (χ2n) is 6.56. The minimum absolute atomic E-state index is 0.0212. The predicted molar refractivity (Wildman–Crippen MR) is 99.4 cm³/mol. The third-order valence-electron chi connectivity index (χ3n) is 4.67. The van der Waals surface area contributed by atoms with Crippen molar-refractivity contribution < 1.29 is 23.5 Å². The van der Waals surface area contributed by atoms with Crippen molar-refractivity contribution >= 4 is 11.9 Å². The van der Waals surface area contributed by atoms with Gasteiger partial charge >= 0.3 is 11.9 Å². The number of carbonyl (C=O) groups excluding carboxylic acids is 2. The zero-order valence-electron chi connectivity index (χ0n) is 15.3. The molecular weight excluding hydrogens is 362 g/mol. The number of hydrogen-bond acceptors (Lipinski definition) is 6. The van der Waals surface area contributed by atoms with Crippen molar-refractivity contribution in [1.29, 1.82) is 0 Å². The van der Waals surface area contributed by atoms with E-state index in [1.54, 1.807) is 49.4 Å². The highest BCUT2D eigenvalue weighted by Gasteiger charge is 2.33. The maximum atomic E-state index is 12.4. The first-order valence-corrected chi connectivity index (χ1v) is 8.69. The Morgan fingerprint density at radius 1 is 1.14 bits per heavy atom. The number of ether oxygens (including phenoxy) is 2. The summed E-state index contributed by atoms with van der Waals surface area (Å²) in [6, 6.07) is 11.9. The summed E-state index contributed by atoms with van der Waals surface area (Å²) in [6.45, 7) is 1.72. The monoisotopic (exact) mass is 379 g/mol. The van der Waals surface area contributed by atoms with Gasteiger partial charge in [-0.15, -0.1) is 0 Å². The molecule has 7 nitrogen and oxygen atoms in total. The number of pyridine rings is 1. The van der Waals surface area contributed by atoms with Gasteiger partial charge in [0.2, 0.25) is 0 Å². The smallest absolute Gasteiger partial charge is 0.337 e. The fourth-order valence-corrected chi connectivity index (χ4v) is 3.34. The second kappa shape index (κ2) is 6.84. The lowest BCUT2D eigenvalue weighted by Crippen LogP contribution is -2.28. The third-order valence-corrected chi connectivity index (χ3v) is 4.67. The van der Waals surface area contributed by atoms with Crippen LogP contribution in [0.5, 0.6) is 5.75 Å². The first kappa shape index (κ1) is 17.8. The molecule has 1 aliphatic rings. The second-order valence-corrected chi connectivity index (χ2v) is 6.56. The molecule has 3 heterocycles. The number of aryl methyl sites for hydroxylation is 1. The first-order valence-electron chi connectivity index (χ1n) is 8.69. The Morgan fingerprint density at radius 2 is 1.89 bits per heavy atom. The summed E-state index contributed by atoms with van der Waals surface area (Å²) in [5.74, 6) is -0.0253. The Labute approximate surface area is 159 Å². The molecule has 1 unspecified atom stereocenters. The maximum Gasteiger partial charge on any atom is 0.337 e. The highest BCUT2D eigenvalue weighted by atomic mass is 16.5. The minimum atomic E-state index is -0.524. The molecule has 0 aliphatic carbocycles. The van der Waals surface area contributed by atoms with E-state index in [1.807, 2.05) is 0 Å². The van der Waals surface area contributed by atoms with Gasteiger partial charge in [-0.1, -0.05) is 12.1 Å². The van der Waals surface area contributed by atoms with E-state index in [9.17, 15) is 14.4 Å². The number of aromatic amines is 1. The third kappa shape index (κ3) is 3.11. The van der Waals surface area contributed by atoms with Gasteiger partial charge in [-0.05, 0) is 31.2 Å². The standard InChI is InChI=1S/C21H17NO6/c1-11-9-17-19(20(24)22-11)14(10-18(23)28-17)16-8-7-15(27-16)12-3-5-13(6-4-12)21(25)26-2/h3-9,14H,10H2,1-2H3,(H,22,24). The molecule has 0 spiro atoms. The van der Waals surface area contributed by atoms with Crippen LogP contribution in [0.15, 0.2) is 51.7 Å². The molecule has 0 saturated carbocycles. The topological polar surface area (TPSA) is 98.6 Å². The van der Waals surface area contributed by atoms with E-state index in [-0.39, 0.29) is 17.7 Å². The summed E-state index contributed by atoms with van der Waals surface area (Å²) >= 11 is 0. The van der Waals surface area contributed by atoms with Gasteiger partial charge in [0.25, 0.3) is 5.56 Å². The fourth-order valence-electron chi connectivity index (χ4n) is 3.34. The molecule has 3 aromatic rings. The Hall–Kier alpha value is -3.61. The van der Waals surface area contributed by atoms with E-state index in [2.05, 4.69) is 9.72 Å². The average Bonchev–Trinajstić information content (AvgIpc) is 3.16. The lowest BCUT2D eigenvalue weighted by atomic mass is 9.91. The number of methoxy groups -OCH3 is 1. The number of esters is 2. The molecule has 0 amide bonds. The molecule has 142 valence electrons. The highest BCUT2D eigenvalue weighted by Crippen LogP contribution is 2.38.